The van der Waals surface area contributed by atoms with Crippen molar-refractivity contribution in [3.63, 3.8) is 0 Å². The van der Waals surface area contributed by atoms with Gasteiger partial charge < -0.3 is 19.5 Å². The minimum Gasteiger partial charge on any atom is -0.464 e. The molecule has 7 heteroatoms. The van der Waals surface area contributed by atoms with Gasteiger partial charge in [-0.2, -0.15) is 0 Å². The maximum Gasteiger partial charge on any atom is 0.508 e. The molecule has 0 aromatic heterocycles. The van der Waals surface area contributed by atoms with Gasteiger partial charge in [-0.15, -0.1) is 0 Å². The molecule has 0 aliphatic heterocycles. The second kappa shape index (κ2) is 9.21. The molecule has 2 atom stereocenters. The van der Waals surface area contributed by atoms with Crippen LogP contribution in [0.4, 0.5) is 4.79 Å². The van der Waals surface area contributed by atoms with Gasteiger partial charge in [0.25, 0.3) is 5.91 Å². The second-order valence-corrected chi connectivity index (χ2v) is 6.26. The quantitative estimate of drug-likeness (QED) is 0.607. The summed E-state index contributed by atoms with van der Waals surface area (Å²) in [5.74, 6) is -1.10. The molecule has 146 valence electrons. The lowest BCUT2D eigenvalue weighted by atomic mass is 9.79. The van der Waals surface area contributed by atoms with Crippen molar-refractivity contribution in [2.24, 2.45) is 0 Å². The second-order valence-electron chi connectivity index (χ2n) is 6.26. The number of carbonyl (C=O) groups excluding carboxylic acids is 3. The normalized spacial score (nSPS) is 21.6. The van der Waals surface area contributed by atoms with Crippen LogP contribution in [-0.2, 0) is 19.0 Å². The fourth-order valence-electron chi connectivity index (χ4n) is 2.95. The average molecular weight is 375 g/mol. The van der Waals surface area contributed by atoms with Crippen molar-refractivity contribution < 1.29 is 28.6 Å². The van der Waals surface area contributed by atoms with Crippen LogP contribution < -0.4 is 5.32 Å². The van der Waals surface area contributed by atoms with E-state index in [1.54, 1.807) is 44.2 Å². The van der Waals surface area contributed by atoms with Crippen molar-refractivity contribution in [2.45, 2.75) is 45.3 Å². The van der Waals surface area contributed by atoms with Gasteiger partial charge in [-0.25, -0.2) is 9.59 Å². The zero-order chi connectivity index (χ0) is 19.9. The van der Waals surface area contributed by atoms with E-state index < -0.39 is 29.7 Å². The van der Waals surface area contributed by atoms with Crippen molar-refractivity contribution in [2.75, 3.05) is 13.2 Å². The first-order valence-corrected chi connectivity index (χ1v) is 8.96. The maximum absolute atomic E-state index is 12.8. The van der Waals surface area contributed by atoms with Gasteiger partial charge in [-0.1, -0.05) is 29.8 Å². The number of benzene rings is 1. The molecule has 1 aliphatic rings. The van der Waals surface area contributed by atoms with Crippen molar-refractivity contribution in [3.8, 4) is 0 Å². The summed E-state index contributed by atoms with van der Waals surface area (Å²) in [4.78, 5) is 37.5. The number of esters is 1. The Hall–Kier alpha value is -2.83. The van der Waals surface area contributed by atoms with Crippen LogP contribution >= 0.6 is 0 Å². The summed E-state index contributed by atoms with van der Waals surface area (Å²) >= 11 is 0. The van der Waals surface area contributed by atoms with Crippen LogP contribution in [0.2, 0.25) is 0 Å². The zero-order valence-electron chi connectivity index (χ0n) is 15.8. The van der Waals surface area contributed by atoms with Crippen molar-refractivity contribution in [3.05, 3.63) is 47.5 Å². The van der Waals surface area contributed by atoms with Gasteiger partial charge in [0.15, 0.2) is 5.54 Å². The zero-order valence-corrected chi connectivity index (χ0v) is 15.8. The largest absolute Gasteiger partial charge is 0.508 e. The van der Waals surface area contributed by atoms with E-state index in [0.29, 0.717) is 5.56 Å². The molecule has 1 aromatic carbocycles. The molecule has 1 aromatic rings. The molecule has 0 saturated heterocycles. The summed E-state index contributed by atoms with van der Waals surface area (Å²) < 4.78 is 15.5. The number of rotatable bonds is 6. The topological polar surface area (TPSA) is 90.9 Å². The van der Waals surface area contributed by atoms with Crippen LogP contribution in [0.15, 0.2) is 42.0 Å². The summed E-state index contributed by atoms with van der Waals surface area (Å²) in [6.07, 6.45) is 0.452. The highest BCUT2D eigenvalue weighted by Gasteiger charge is 2.52. The Labute approximate surface area is 158 Å². The maximum atomic E-state index is 12.8. The molecule has 27 heavy (non-hydrogen) atoms. The van der Waals surface area contributed by atoms with E-state index in [1.807, 2.05) is 13.0 Å². The summed E-state index contributed by atoms with van der Waals surface area (Å²) in [5.41, 5.74) is -0.185. The van der Waals surface area contributed by atoms with Crippen molar-refractivity contribution in [1.82, 2.24) is 5.32 Å². The standard InChI is InChI=1S/C20H25NO6/c1-4-25-18(23)20(21-17(22)15-9-7-6-8-10-15)12-11-14(3)13-16(20)27-19(24)26-5-2/h6-11,16H,4-5,12-13H2,1-3H3,(H,21,22)/t16-,20+/m0/s1. The van der Waals surface area contributed by atoms with E-state index in [-0.39, 0.29) is 26.1 Å². The predicted molar refractivity (Wildman–Crippen MR) is 98.2 cm³/mol. The molecule has 1 aliphatic carbocycles. The summed E-state index contributed by atoms with van der Waals surface area (Å²) in [6, 6.07) is 8.52. The Kier molecular flexibility index (Phi) is 6.98. The summed E-state index contributed by atoms with van der Waals surface area (Å²) in [7, 11) is 0. The number of hydrogen-bond donors (Lipinski definition) is 1. The van der Waals surface area contributed by atoms with Crippen LogP contribution in [-0.4, -0.2) is 42.9 Å². The van der Waals surface area contributed by atoms with E-state index in [1.165, 1.54) is 0 Å². The first-order chi connectivity index (χ1) is 12.9. The number of amides is 1. The molecule has 0 bridgehead atoms. The third-order valence-corrected chi connectivity index (χ3v) is 4.34. The molecule has 0 heterocycles. The van der Waals surface area contributed by atoms with E-state index >= 15 is 0 Å². The van der Waals surface area contributed by atoms with Crippen LogP contribution in [0.1, 0.15) is 44.0 Å². The van der Waals surface area contributed by atoms with Gasteiger partial charge >= 0.3 is 12.1 Å². The number of hydrogen-bond acceptors (Lipinski definition) is 6. The Morgan fingerprint density at radius 1 is 1.11 bits per heavy atom. The molecule has 0 fully saturated rings. The van der Waals surface area contributed by atoms with E-state index in [0.717, 1.165) is 5.57 Å². The highest BCUT2D eigenvalue weighted by atomic mass is 16.7. The van der Waals surface area contributed by atoms with E-state index in [9.17, 15) is 14.4 Å². The third kappa shape index (κ3) is 4.87. The number of ether oxygens (including phenoxy) is 3. The molecule has 1 N–H and O–H groups in total. The molecule has 0 saturated carbocycles. The smallest absolute Gasteiger partial charge is 0.464 e. The van der Waals surface area contributed by atoms with Crippen LogP contribution in [0, 0.1) is 0 Å². The van der Waals surface area contributed by atoms with Gasteiger partial charge in [0.1, 0.15) is 6.10 Å². The highest BCUT2D eigenvalue weighted by molar-refractivity contribution is 5.98. The van der Waals surface area contributed by atoms with Gasteiger partial charge in [0.05, 0.1) is 13.2 Å². The third-order valence-electron chi connectivity index (χ3n) is 4.34. The Balaban J connectivity index is 2.38. The van der Waals surface area contributed by atoms with Crippen molar-refractivity contribution in [1.29, 1.82) is 0 Å². The monoisotopic (exact) mass is 375 g/mol. The Bertz CT molecular complexity index is 714. The van der Waals surface area contributed by atoms with Gasteiger partial charge in [0, 0.05) is 18.4 Å². The predicted octanol–water partition coefficient (Wildman–Crippen LogP) is 3.00. The number of carbonyl (C=O) groups is 3. The molecular formula is C20H25NO6. The number of nitrogens with one attached hydrogen (secondary N) is 1. The minimum absolute atomic E-state index is 0.136. The van der Waals surface area contributed by atoms with Crippen molar-refractivity contribution >= 4 is 18.0 Å². The lowest BCUT2D eigenvalue weighted by Gasteiger charge is -2.40. The summed E-state index contributed by atoms with van der Waals surface area (Å²) in [5, 5.41) is 2.76. The SMILES string of the molecule is CCOC(=O)O[C@H]1CC(C)=CC[C@]1(NC(=O)c1ccccc1)C(=O)OCC. The van der Waals surface area contributed by atoms with Gasteiger partial charge in [-0.3, -0.25) is 4.79 Å². The van der Waals surface area contributed by atoms with Crippen LogP contribution in [0.25, 0.3) is 0 Å². The van der Waals surface area contributed by atoms with E-state index in [2.05, 4.69) is 5.32 Å². The van der Waals surface area contributed by atoms with Crippen LogP contribution in [0.5, 0.6) is 0 Å². The fraction of sp³-hybridized carbons (Fsp3) is 0.450. The van der Waals surface area contributed by atoms with E-state index in [4.69, 9.17) is 14.2 Å². The fourth-order valence-corrected chi connectivity index (χ4v) is 2.95. The summed E-state index contributed by atoms with van der Waals surface area (Å²) in [6.45, 7) is 5.48. The first kappa shape index (κ1) is 20.5. The molecule has 0 unspecified atom stereocenters. The lowest BCUT2D eigenvalue weighted by molar-refractivity contribution is -0.157. The molecule has 0 spiro atoms. The molecule has 7 nitrogen and oxygen atoms in total. The Morgan fingerprint density at radius 3 is 2.41 bits per heavy atom. The minimum atomic E-state index is -1.52. The molecule has 2 rings (SSSR count). The lowest BCUT2D eigenvalue weighted by Crippen LogP contribution is -2.64. The molecule has 1 amide bonds. The first-order valence-electron chi connectivity index (χ1n) is 8.96. The Morgan fingerprint density at radius 2 is 1.78 bits per heavy atom. The van der Waals surface area contributed by atoms with Crippen LogP contribution in [0.3, 0.4) is 0 Å². The molecule has 0 radical (unpaired) electrons. The van der Waals surface area contributed by atoms with Gasteiger partial charge in [-0.05, 0) is 32.9 Å². The van der Waals surface area contributed by atoms with Gasteiger partial charge in [0.2, 0.25) is 0 Å². The molecular weight excluding hydrogens is 350 g/mol. The average Bonchev–Trinajstić information content (AvgIpc) is 2.65. The highest BCUT2D eigenvalue weighted by Crippen LogP contribution is 2.32.